The van der Waals surface area contributed by atoms with Crippen LogP contribution in [0, 0.1) is 3.57 Å². The van der Waals surface area contributed by atoms with Gasteiger partial charge in [-0.1, -0.05) is 11.6 Å². The van der Waals surface area contributed by atoms with Crippen LogP contribution in [0.5, 0.6) is 0 Å². The summed E-state index contributed by atoms with van der Waals surface area (Å²) in [5.41, 5.74) is 1.20. The maximum atomic E-state index is 5.91. The van der Waals surface area contributed by atoms with Crippen molar-refractivity contribution in [3.05, 3.63) is 21.0 Å². The second kappa shape index (κ2) is 4.84. The normalized spacial score (nSPS) is 21.0. The van der Waals surface area contributed by atoms with E-state index in [1.54, 1.807) is 0 Å². The van der Waals surface area contributed by atoms with Gasteiger partial charge >= 0.3 is 0 Å². The summed E-state index contributed by atoms with van der Waals surface area (Å²) in [6.07, 6.45) is 3.01. The first kappa shape index (κ1) is 11.4. The fourth-order valence-electron chi connectivity index (χ4n) is 1.86. The van der Waals surface area contributed by atoms with Crippen LogP contribution in [-0.4, -0.2) is 31.2 Å². The Labute approximate surface area is 108 Å². The van der Waals surface area contributed by atoms with E-state index < -0.39 is 0 Å². The lowest BCUT2D eigenvalue weighted by molar-refractivity contribution is 0.617. The number of nitrogens with zero attached hydrogens (tertiary/aromatic N) is 2. The topological polar surface area (TPSA) is 28.2 Å². The van der Waals surface area contributed by atoms with Crippen molar-refractivity contribution in [3.63, 3.8) is 0 Å². The van der Waals surface area contributed by atoms with Crippen LogP contribution in [0.4, 0.5) is 5.69 Å². The maximum Gasteiger partial charge on any atom is 0.131 e. The second-order valence-corrected chi connectivity index (χ2v) is 5.23. The molecular formula is C10H13ClIN3. The number of halogens is 2. The molecule has 1 aliphatic heterocycles. The molecule has 0 saturated carbocycles. The van der Waals surface area contributed by atoms with E-state index in [0.717, 1.165) is 16.7 Å². The van der Waals surface area contributed by atoms with Gasteiger partial charge in [0, 0.05) is 25.3 Å². The molecule has 2 heterocycles. The van der Waals surface area contributed by atoms with E-state index in [-0.39, 0.29) is 0 Å². The van der Waals surface area contributed by atoms with Crippen LogP contribution in [0.25, 0.3) is 0 Å². The Hall–Kier alpha value is -0.0700. The molecule has 0 bridgehead atoms. The van der Waals surface area contributed by atoms with E-state index in [1.165, 1.54) is 12.1 Å². The van der Waals surface area contributed by atoms with Gasteiger partial charge in [0.05, 0.1) is 9.26 Å². The Morgan fingerprint density at radius 3 is 3.13 bits per heavy atom. The Bertz CT molecular complexity index is 359. The highest BCUT2D eigenvalue weighted by Gasteiger charge is 2.22. The quantitative estimate of drug-likeness (QED) is 0.662. The van der Waals surface area contributed by atoms with Gasteiger partial charge in [-0.15, -0.1) is 0 Å². The van der Waals surface area contributed by atoms with Gasteiger partial charge < -0.3 is 10.2 Å². The molecule has 82 valence electrons. The molecule has 0 aromatic carbocycles. The van der Waals surface area contributed by atoms with Crippen LogP contribution < -0.4 is 10.2 Å². The molecule has 0 radical (unpaired) electrons. The van der Waals surface area contributed by atoms with Crippen molar-refractivity contribution in [2.75, 3.05) is 25.0 Å². The molecule has 0 aliphatic carbocycles. The van der Waals surface area contributed by atoms with Gasteiger partial charge in [0.2, 0.25) is 0 Å². The Kier molecular flexibility index (Phi) is 3.69. The van der Waals surface area contributed by atoms with Crippen molar-refractivity contribution >= 4 is 39.9 Å². The molecule has 1 aliphatic rings. The molecule has 1 aromatic rings. The summed E-state index contributed by atoms with van der Waals surface area (Å²) in [5, 5.41) is 3.87. The molecule has 1 fully saturated rings. The molecule has 2 rings (SSSR count). The lowest BCUT2D eigenvalue weighted by atomic mass is 10.3. The zero-order valence-electron chi connectivity index (χ0n) is 8.50. The minimum absolute atomic E-state index is 0.568. The maximum absolute atomic E-state index is 5.91. The largest absolute Gasteiger partial charge is 0.369 e. The Morgan fingerprint density at radius 2 is 2.47 bits per heavy atom. The van der Waals surface area contributed by atoms with E-state index in [0.29, 0.717) is 11.2 Å². The molecule has 5 heteroatoms. The molecule has 1 atom stereocenters. The number of anilines is 1. The first-order chi connectivity index (χ1) is 7.20. The summed E-state index contributed by atoms with van der Waals surface area (Å²) in [6.45, 7) is 2.13. The van der Waals surface area contributed by atoms with Crippen molar-refractivity contribution in [2.24, 2.45) is 0 Å². The van der Waals surface area contributed by atoms with Crippen molar-refractivity contribution in [2.45, 2.75) is 12.5 Å². The minimum atomic E-state index is 0.568. The molecule has 1 saturated heterocycles. The number of rotatable bonds is 2. The Morgan fingerprint density at radius 1 is 1.67 bits per heavy atom. The average Bonchev–Trinajstić information content (AvgIpc) is 2.70. The van der Waals surface area contributed by atoms with Crippen LogP contribution in [0.15, 0.2) is 12.3 Å². The molecule has 3 nitrogen and oxygen atoms in total. The summed E-state index contributed by atoms with van der Waals surface area (Å²) in [4.78, 5) is 6.42. The lowest BCUT2D eigenvalue weighted by Crippen LogP contribution is -2.29. The van der Waals surface area contributed by atoms with Crippen molar-refractivity contribution < 1.29 is 0 Å². The SMILES string of the molecule is CN[C@H]1CCN(c2cc(Cl)ncc2I)C1. The van der Waals surface area contributed by atoms with Crippen molar-refractivity contribution in [1.82, 2.24) is 10.3 Å². The monoisotopic (exact) mass is 337 g/mol. The van der Waals surface area contributed by atoms with Crippen LogP contribution in [0.3, 0.4) is 0 Å². The number of hydrogen-bond donors (Lipinski definition) is 1. The highest BCUT2D eigenvalue weighted by Crippen LogP contribution is 2.27. The first-order valence-electron chi connectivity index (χ1n) is 4.94. The molecule has 0 amide bonds. The van der Waals surface area contributed by atoms with Crippen molar-refractivity contribution in [1.29, 1.82) is 0 Å². The fourth-order valence-corrected chi connectivity index (χ4v) is 2.65. The van der Waals surface area contributed by atoms with Crippen LogP contribution in [-0.2, 0) is 0 Å². The van der Waals surface area contributed by atoms with E-state index in [2.05, 4.69) is 37.8 Å². The molecule has 1 aromatic heterocycles. The fraction of sp³-hybridized carbons (Fsp3) is 0.500. The smallest absolute Gasteiger partial charge is 0.131 e. The minimum Gasteiger partial charge on any atom is -0.369 e. The standard InChI is InChI=1S/C10H13ClIN3/c1-13-7-2-3-15(6-7)9-4-10(11)14-5-8(9)12/h4-5,7,13H,2-3,6H2,1H3/t7-/m0/s1. The molecule has 1 N–H and O–H groups in total. The average molecular weight is 338 g/mol. The van der Waals surface area contributed by atoms with Gasteiger partial charge in [0.1, 0.15) is 5.15 Å². The number of aromatic nitrogens is 1. The van der Waals surface area contributed by atoms with Crippen LogP contribution in [0.2, 0.25) is 5.15 Å². The van der Waals surface area contributed by atoms with E-state index in [4.69, 9.17) is 11.6 Å². The number of likely N-dealkylation sites (N-methyl/N-ethyl adjacent to an activating group) is 1. The second-order valence-electron chi connectivity index (χ2n) is 3.68. The van der Waals surface area contributed by atoms with Gasteiger partial charge in [-0.3, -0.25) is 0 Å². The zero-order valence-corrected chi connectivity index (χ0v) is 11.4. The van der Waals surface area contributed by atoms with Gasteiger partial charge in [0.15, 0.2) is 0 Å². The summed E-state index contributed by atoms with van der Waals surface area (Å²) < 4.78 is 1.16. The van der Waals surface area contributed by atoms with Gasteiger partial charge in [-0.2, -0.15) is 0 Å². The van der Waals surface area contributed by atoms with Gasteiger partial charge in [-0.25, -0.2) is 4.98 Å². The van der Waals surface area contributed by atoms with Crippen LogP contribution in [0.1, 0.15) is 6.42 Å². The highest BCUT2D eigenvalue weighted by molar-refractivity contribution is 14.1. The van der Waals surface area contributed by atoms with Crippen LogP contribution >= 0.6 is 34.2 Å². The molecule has 0 spiro atoms. The predicted octanol–water partition coefficient (Wildman–Crippen LogP) is 2.14. The third kappa shape index (κ3) is 2.54. The van der Waals surface area contributed by atoms with Gasteiger partial charge in [-0.05, 0) is 42.1 Å². The first-order valence-corrected chi connectivity index (χ1v) is 6.39. The third-order valence-electron chi connectivity index (χ3n) is 2.74. The number of nitrogens with one attached hydrogen (secondary N) is 1. The number of hydrogen-bond acceptors (Lipinski definition) is 3. The molecule has 0 unspecified atom stereocenters. The molecular weight excluding hydrogens is 324 g/mol. The zero-order chi connectivity index (χ0) is 10.8. The number of pyridine rings is 1. The molecule has 15 heavy (non-hydrogen) atoms. The summed E-state index contributed by atoms with van der Waals surface area (Å²) in [7, 11) is 2.01. The van der Waals surface area contributed by atoms with E-state index in [9.17, 15) is 0 Å². The van der Waals surface area contributed by atoms with E-state index >= 15 is 0 Å². The lowest BCUT2D eigenvalue weighted by Gasteiger charge is -2.20. The van der Waals surface area contributed by atoms with Gasteiger partial charge in [0.25, 0.3) is 0 Å². The van der Waals surface area contributed by atoms with Crippen molar-refractivity contribution in [3.8, 4) is 0 Å². The van der Waals surface area contributed by atoms with E-state index in [1.807, 2.05) is 19.3 Å². The highest BCUT2D eigenvalue weighted by atomic mass is 127. The summed E-state index contributed by atoms with van der Waals surface area (Å²) >= 11 is 8.21. The third-order valence-corrected chi connectivity index (χ3v) is 3.78. The Balaban J connectivity index is 2.19. The predicted molar refractivity (Wildman–Crippen MR) is 71.6 cm³/mol. The summed E-state index contributed by atoms with van der Waals surface area (Å²) in [5.74, 6) is 0. The summed E-state index contributed by atoms with van der Waals surface area (Å²) in [6, 6.07) is 2.54.